The van der Waals surface area contributed by atoms with Gasteiger partial charge in [0.15, 0.2) is 5.82 Å². The summed E-state index contributed by atoms with van der Waals surface area (Å²) in [5, 5.41) is 4.35. The molecule has 0 saturated heterocycles. The van der Waals surface area contributed by atoms with Crippen molar-refractivity contribution in [2.75, 3.05) is 0 Å². The molecule has 0 amide bonds. The highest BCUT2D eigenvalue weighted by Crippen LogP contribution is 2.22. The first-order chi connectivity index (χ1) is 7.34. The van der Waals surface area contributed by atoms with Gasteiger partial charge in [0.05, 0.1) is 6.20 Å². The highest BCUT2D eigenvalue weighted by molar-refractivity contribution is 6.30. The van der Waals surface area contributed by atoms with Crippen LogP contribution in [0, 0.1) is 0 Å². The van der Waals surface area contributed by atoms with Gasteiger partial charge in [-0.15, -0.1) is 0 Å². The third-order valence-corrected chi connectivity index (χ3v) is 2.79. The predicted octanol–water partition coefficient (Wildman–Crippen LogP) is 0.550. The van der Waals surface area contributed by atoms with E-state index < -0.39 is 0 Å². The molecular weight excluding hydrogens is 185 g/mol. The normalized spacial score (nSPS) is 14.1. The standard InChI is InChI=1S/C11H10BN3/c12-10-5-2-6-11(14-10)15-9-4-1-3-8(9)7-13-15/h2,5-7H,1,3-4H2. The topological polar surface area (TPSA) is 30.7 Å². The SMILES string of the molecule is [B]c1cccc(-n2ncc3c2CCC3)n1. The summed E-state index contributed by atoms with van der Waals surface area (Å²) in [7, 11) is 5.66. The molecule has 1 aliphatic carbocycles. The highest BCUT2D eigenvalue weighted by atomic mass is 15.3. The van der Waals surface area contributed by atoms with Gasteiger partial charge < -0.3 is 0 Å². The van der Waals surface area contributed by atoms with E-state index in [1.165, 1.54) is 17.7 Å². The molecule has 0 atom stereocenters. The average Bonchev–Trinajstić information content (AvgIpc) is 2.77. The second kappa shape index (κ2) is 3.23. The molecule has 0 N–H and O–H groups in total. The van der Waals surface area contributed by atoms with Crippen LogP contribution in [-0.4, -0.2) is 22.6 Å². The van der Waals surface area contributed by atoms with Crippen LogP contribution in [0.5, 0.6) is 0 Å². The fourth-order valence-corrected chi connectivity index (χ4v) is 2.08. The van der Waals surface area contributed by atoms with E-state index in [1.807, 2.05) is 23.0 Å². The predicted molar refractivity (Wildman–Crippen MR) is 58.8 cm³/mol. The van der Waals surface area contributed by atoms with Gasteiger partial charge in [-0.3, -0.25) is 0 Å². The number of aromatic nitrogens is 3. The van der Waals surface area contributed by atoms with Crippen molar-refractivity contribution in [1.82, 2.24) is 14.8 Å². The van der Waals surface area contributed by atoms with Crippen LogP contribution in [0.4, 0.5) is 0 Å². The van der Waals surface area contributed by atoms with Gasteiger partial charge >= 0.3 is 0 Å². The van der Waals surface area contributed by atoms with Gasteiger partial charge in [-0.05, 0) is 36.5 Å². The lowest BCUT2D eigenvalue weighted by Gasteiger charge is -2.04. The number of pyridine rings is 1. The third-order valence-electron chi connectivity index (χ3n) is 2.79. The minimum absolute atomic E-state index is 0.537. The van der Waals surface area contributed by atoms with Gasteiger partial charge in [-0.25, -0.2) is 9.67 Å². The summed E-state index contributed by atoms with van der Waals surface area (Å²) in [6.07, 6.45) is 5.38. The van der Waals surface area contributed by atoms with Gasteiger partial charge in [0.1, 0.15) is 7.85 Å². The van der Waals surface area contributed by atoms with Crippen LogP contribution in [-0.2, 0) is 12.8 Å². The minimum atomic E-state index is 0.537. The molecule has 3 rings (SSSR count). The smallest absolute Gasteiger partial charge is 0.152 e. The summed E-state index contributed by atoms with van der Waals surface area (Å²) < 4.78 is 1.90. The number of fused-ring (bicyclic) bond motifs is 1. The van der Waals surface area contributed by atoms with Crippen LogP contribution in [0.2, 0.25) is 0 Å². The number of rotatable bonds is 1. The van der Waals surface area contributed by atoms with Crippen LogP contribution in [0.3, 0.4) is 0 Å². The molecule has 2 heterocycles. The minimum Gasteiger partial charge on any atom is -0.245 e. The molecule has 2 aromatic heterocycles. The van der Waals surface area contributed by atoms with E-state index >= 15 is 0 Å². The van der Waals surface area contributed by atoms with E-state index in [9.17, 15) is 0 Å². The van der Waals surface area contributed by atoms with Crippen molar-refractivity contribution >= 4 is 13.4 Å². The maximum atomic E-state index is 5.66. The fourth-order valence-electron chi connectivity index (χ4n) is 2.08. The summed E-state index contributed by atoms with van der Waals surface area (Å²) in [5.41, 5.74) is 3.17. The second-order valence-corrected chi connectivity index (χ2v) is 3.80. The van der Waals surface area contributed by atoms with Crippen molar-refractivity contribution in [1.29, 1.82) is 0 Å². The van der Waals surface area contributed by atoms with E-state index in [4.69, 9.17) is 7.85 Å². The number of hydrogen-bond acceptors (Lipinski definition) is 2. The van der Waals surface area contributed by atoms with Gasteiger partial charge in [0.25, 0.3) is 0 Å². The van der Waals surface area contributed by atoms with Gasteiger partial charge in [-0.1, -0.05) is 12.1 Å². The average molecular weight is 195 g/mol. The first-order valence-electron chi connectivity index (χ1n) is 5.13. The first kappa shape index (κ1) is 8.71. The molecule has 2 aromatic rings. The molecule has 0 unspecified atom stereocenters. The van der Waals surface area contributed by atoms with Gasteiger partial charge in [0, 0.05) is 5.69 Å². The molecular formula is C11H10BN3. The molecule has 4 heteroatoms. The summed E-state index contributed by atoms with van der Waals surface area (Å²) in [6, 6.07) is 5.62. The zero-order valence-corrected chi connectivity index (χ0v) is 8.35. The van der Waals surface area contributed by atoms with Gasteiger partial charge in [-0.2, -0.15) is 5.10 Å². The van der Waals surface area contributed by atoms with Crippen LogP contribution in [0.15, 0.2) is 24.4 Å². The Kier molecular flexibility index (Phi) is 1.87. The second-order valence-electron chi connectivity index (χ2n) is 3.80. The van der Waals surface area contributed by atoms with Crippen molar-refractivity contribution < 1.29 is 0 Å². The monoisotopic (exact) mass is 195 g/mol. The van der Waals surface area contributed by atoms with E-state index in [2.05, 4.69) is 10.1 Å². The maximum absolute atomic E-state index is 5.66. The fraction of sp³-hybridized carbons (Fsp3) is 0.273. The van der Waals surface area contributed by atoms with E-state index in [1.54, 1.807) is 6.07 Å². The van der Waals surface area contributed by atoms with Crippen molar-refractivity contribution in [2.24, 2.45) is 0 Å². The molecule has 0 aliphatic heterocycles. The first-order valence-corrected chi connectivity index (χ1v) is 5.13. The molecule has 0 aromatic carbocycles. The van der Waals surface area contributed by atoms with Crippen molar-refractivity contribution in [3.63, 3.8) is 0 Å². The lowest BCUT2D eigenvalue weighted by atomic mass is 10.0. The Balaban J connectivity index is 2.13. The Hall–Kier alpha value is -1.58. The molecule has 0 saturated carbocycles. The maximum Gasteiger partial charge on any atom is 0.152 e. The Morgan fingerprint density at radius 1 is 1.27 bits per heavy atom. The Morgan fingerprint density at radius 2 is 2.20 bits per heavy atom. The lowest BCUT2D eigenvalue weighted by molar-refractivity contribution is 0.769. The molecule has 0 bridgehead atoms. The van der Waals surface area contributed by atoms with Crippen molar-refractivity contribution in [2.45, 2.75) is 19.3 Å². The van der Waals surface area contributed by atoms with Crippen molar-refractivity contribution in [3.05, 3.63) is 35.7 Å². The summed E-state index contributed by atoms with van der Waals surface area (Å²) in [6.45, 7) is 0. The number of aryl methyl sites for hydroxylation is 1. The molecule has 15 heavy (non-hydrogen) atoms. The largest absolute Gasteiger partial charge is 0.245 e. The third kappa shape index (κ3) is 1.37. The Morgan fingerprint density at radius 3 is 3.07 bits per heavy atom. The number of hydrogen-bond donors (Lipinski definition) is 0. The molecule has 2 radical (unpaired) electrons. The van der Waals surface area contributed by atoms with E-state index in [-0.39, 0.29) is 0 Å². The zero-order chi connectivity index (χ0) is 10.3. The van der Waals surface area contributed by atoms with Crippen LogP contribution < -0.4 is 5.59 Å². The quantitative estimate of drug-likeness (QED) is 0.622. The summed E-state index contributed by atoms with van der Waals surface area (Å²) in [4.78, 5) is 4.27. The molecule has 0 fully saturated rings. The van der Waals surface area contributed by atoms with Crippen LogP contribution >= 0.6 is 0 Å². The Labute approximate surface area is 89.6 Å². The summed E-state index contributed by atoms with van der Waals surface area (Å²) >= 11 is 0. The number of nitrogens with zero attached hydrogens (tertiary/aromatic N) is 3. The molecule has 72 valence electrons. The Bertz CT molecular complexity index is 504. The highest BCUT2D eigenvalue weighted by Gasteiger charge is 2.17. The van der Waals surface area contributed by atoms with Crippen LogP contribution in [0.1, 0.15) is 17.7 Å². The van der Waals surface area contributed by atoms with Gasteiger partial charge in [0.2, 0.25) is 0 Å². The van der Waals surface area contributed by atoms with Crippen molar-refractivity contribution in [3.8, 4) is 5.82 Å². The molecule has 1 aliphatic rings. The van der Waals surface area contributed by atoms with E-state index in [0.29, 0.717) is 5.59 Å². The molecule has 0 spiro atoms. The molecule has 3 nitrogen and oxygen atoms in total. The van der Waals surface area contributed by atoms with E-state index in [0.717, 1.165) is 18.7 Å². The zero-order valence-electron chi connectivity index (χ0n) is 8.35. The summed E-state index contributed by atoms with van der Waals surface area (Å²) in [5.74, 6) is 0.818. The van der Waals surface area contributed by atoms with Crippen LogP contribution in [0.25, 0.3) is 5.82 Å². The lowest BCUT2D eigenvalue weighted by Crippen LogP contribution is -2.12.